The molecule has 2 aromatic rings. The van der Waals surface area contributed by atoms with Gasteiger partial charge in [0.15, 0.2) is 0 Å². The summed E-state index contributed by atoms with van der Waals surface area (Å²) in [6, 6.07) is 15.5. The summed E-state index contributed by atoms with van der Waals surface area (Å²) in [5.74, 6) is 0.432. The van der Waals surface area contributed by atoms with Crippen LogP contribution in [0, 0.1) is 0 Å². The maximum Gasteiger partial charge on any atom is 0.251 e. The summed E-state index contributed by atoms with van der Waals surface area (Å²) in [6.07, 6.45) is 0.779. The molecule has 0 aliphatic rings. The molecule has 2 N–H and O–H groups in total. The van der Waals surface area contributed by atoms with Gasteiger partial charge in [-0.25, -0.2) is 0 Å². The van der Waals surface area contributed by atoms with Gasteiger partial charge in [-0.05, 0) is 41.2 Å². The molecule has 0 atom stereocenters. The van der Waals surface area contributed by atoms with Crippen LogP contribution in [-0.2, 0) is 13.0 Å². The van der Waals surface area contributed by atoms with E-state index in [0.717, 1.165) is 17.5 Å². The third kappa shape index (κ3) is 4.43. The topological polar surface area (TPSA) is 49.3 Å². The minimum Gasteiger partial charge on any atom is -0.392 e. The lowest BCUT2D eigenvalue weighted by atomic mass is 10.0. The number of aliphatic hydroxyl groups excluding tert-OH is 1. The first-order chi connectivity index (χ1) is 10.6. The van der Waals surface area contributed by atoms with Crippen LogP contribution in [-0.4, -0.2) is 17.6 Å². The molecule has 0 saturated heterocycles. The van der Waals surface area contributed by atoms with Gasteiger partial charge in [-0.1, -0.05) is 50.2 Å². The summed E-state index contributed by atoms with van der Waals surface area (Å²) < 4.78 is 0. The summed E-state index contributed by atoms with van der Waals surface area (Å²) in [4.78, 5) is 12.1. The average Bonchev–Trinajstić information content (AvgIpc) is 2.55. The summed E-state index contributed by atoms with van der Waals surface area (Å²) in [5, 5.41) is 11.9. The summed E-state index contributed by atoms with van der Waals surface area (Å²) in [6.45, 7) is 4.93. The van der Waals surface area contributed by atoms with Crippen molar-refractivity contribution in [3.63, 3.8) is 0 Å². The van der Waals surface area contributed by atoms with E-state index in [4.69, 9.17) is 5.11 Å². The number of carbonyl (C=O) groups excluding carboxylic acids is 1. The van der Waals surface area contributed by atoms with Gasteiger partial charge in [-0.3, -0.25) is 4.79 Å². The largest absolute Gasteiger partial charge is 0.392 e. The molecule has 1 amide bonds. The van der Waals surface area contributed by atoms with Gasteiger partial charge >= 0.3 is 0 Å². The van der Waals surface area contributed by atoms with E-state index in [9.17, 15) is 4.79 Å². The predicted octanol–water partition coefficient (Wildman–Crippen LogP) is 3.27. The number of nitrogens with one attached hydrogen (secondary N) is 1. The number of aliphatic hydroxyl groups is 1. The van der Waals surface area contributed by atoms with Gasteiger partial charge in [0.2, 0.25) is 0 Å². The van der Waals surface area contributed by atoms with Crippen LogP contribution in [0.3, 0.4) is 0 Å². The van der Waals surface area contributed by atoms with E-state index in [0.29, 0.717) is 18.0 Å². The molecule has 2 aromatic carbocycles. The number of hydrogen-bond donors (Lipinski definition) is 2. The monoisotopic (exact) mass is 297 g/mol. The van der Waals surface area contributed by atoms with Gasteiger partial charge in [-0.15, -0.1) is 0 Å². The molecule has 2 rings (SSSR count). The van der Waals surface area contributed by atoms with Crippen molar-refractivity contribution in [1.29, 1.82) is 0 Å². The predicted molar refractivity (Wildman–Crippen MR) is 88.9 cm³/mol. The summed E-state index contributed by atoms with van der Waals surface area (Å²) in [5.41, 5.74) is 3.98. The first kappa shape index (κ1) is 16.2. The van der Waals surface area contributed by atoms with Crippen molar-refractivity contribution >= 4 is 5.91 Å². The Morgan fingerprint density at radius 1 is 1.00 bits per heavy atom. The third-order valence-electron chi connectivity index (χ3n) is 3.74. The Bertz CT molecular complexity index is 600. The van der Waals surface area contributed by atoms with Crippen molar-refractivity contribution in [3.05, 3.63) is 70.8 Å². The van der Waals surface area contributed by atoms with Crippen LogP contribution in [0.2, 0.25) is 0 Å². The first-order valence-corrected chi connectivity index (χ1v) is 7.67. The van der Waals surface area contributed by atoms with Crippen LogP contribution >= 0.6 is 0 Å². The van der Waals surface area contributed by atoms with E-state index in [1.807, 2.05) is 48.5 Å². The van der Waals surface area contributed by atoms with Crippen LogP contribution in [0.5, 0.6) is 0 Å². The van der Waals surface area contributed by atoms with Crippen LogP contribution in [0.1, 0.15) is 46.8 Å². The molecule has 0 heterocycles. The zero-order valence-corrected chi connectivity index (χ0v) is 13.2. The van der Waals surface area contributed by atoms with E-state index in [2.05, 4.69) is 19.2 Å². The SMILES string of the molecule is CC(C)c1ccc(C(=O)NCCc2ccc(CO)cc2)cc1. The standard InChI is InChI=1S/C19H23NO2/c1-14(2)17-7-9-18(10-8-17)19(22)20-12-11-15-3-5-16(13-21)6-4-15/h3-10,14,21H,11-13H2,1-2H3,(H,20,22). The Kier molecular flexibility index (Phi) is 5.73. The number of hydrogen-bond acceptors (Lipinski definition) is 2. The van der Waals surface area contributed by atoms with E-state index in [1.54, 1.807) is 0 Å². The highest BCUT2D eigenvalue weighted by atomic mass is 16.3. The van der Waals surface area contributed by atoms with Gasteiger partial charge < -0.3 is 10.4 Å². The number of carbonyl (C=O) groups is 1. The molecule has 3 heteroatoms. The molecule has 0 unspecified atom stereocenters. The van der Waals surface area contributed by atoms with E-state index in [-0.39, 0.29) is 12.5 Å². The number of rotatable bonds is 6. The molecular formula is C19H23NO2. The van der Waals surface area contributed by atoms with Crippen molar-refractivity contribution in [2.24, 2.45) is 0 Å². The van der Waals surface area contributed by atoms with Gasteiger partial charge in [0, 0.05) is 12.1 Å². The third-order valence-corrected chi connectivity index (χ3v) is 3.74. The Balaban J connectivity index is 1.84. The Morgan fingerprint density at radius 3 is 2.14 bits per heavy atom. The Hall–Kier alpha value is -2.13. The maximum absolute atomic E-state index is 12.1. The molecule has 3 nitrogen and oxygen atoms in total. The minimum atomic E-state index is -0.0396. The highest BCUT2D eigenvalue weighted by Crippen LogP contribution is 2.14. The lowest BCUT2D eigenvalue weighted by Gasteiger charge is -2.08. The normalized spacial score (nSPS) is 10.7. The van der Waals surface area contributed by atoms with E-state index in [1.165, 1.54) is 5.56 Å². The van der Waals surface area contributed by atoms with E-state index >= 15 is 0 Å². The molecule has 0 radical (unpaired) electrons. The second-order valence-corrected chi connectivity index (χ2v) is 5.76. The van der Waals surface area contributed by atoms with Crippen LogP contribution < -0.4 is 5.32 Å². The maximum atomic E-state index is 12.1. The lowest BCUT2D eigenvalue weighted by Crippen LogP contribution is -2.25. The van der Waals surface area contributed by atoms with E-state index < -0.39 is 0 Å². The fourth-order valence-corrected chi connectivity index (χ4v) is 2.25. The zero-order chi connectivity index (χ0) is 15.9. The minimum absolute atomic E-state index is 0.0396. The second kappa shape index (κ2) is 7.76. The second-order valence-electron chi connectivity index (χ2n) is 5.76. The molecule has 0 bridgehead atoms. The molecule has 22 heavy (non-hydrogen) atoms. The summed E-state index contributed by atoms with van der Waals surface area (Å²) in [7, 11) is 0. The van der Waals surface area contributed by atoms with Crippen molar-refractivity contribution in [2.45, 2.75) is 32.8 Å². The van der Waals surface area contributed by atoms with Crippen LogP contribution in [0.25, 0.3) is 0 Å². The van der Waals surface area contributed by atoms with Gasteiger partial charge in [-0.2, -0.15) is 0 Å². The molecule has 0 fully saturated rings. The smallest absolute Gasteiger partial charge is 0.251 e. The Labute approximate surface area is 132 Å². The molecule has 0 saturated carbocycles. The molecular weight excluding hydrogens is 274 g/mol. The van der Waals surface area contributed by atoms with Crippen LogP contribution in [0.4, 0.5) is 0 Å². The fraction of sp³-hybridized carbons (Fsp3) is 0.316. The average molecular weight is 297 g/mol. The highest BCUT2D eigenvalue weighted by Gasteiger charge is 2.06. The van der Waals surface area contributed by atoms with Crippen molar-refractivity contribution in [2.75, 3.05) is 6.54 Å². The quantitative estimate of drug-likeness (QED) is 0.859. The molecule has 0 aromatic heterocycles. The van der Waals surface area contributed by atoms with Crippen molar-refractivity contribution < 1.29 is 9.90 Å². The van der Waals surface area contributed by atoms with Crippen molar-refractivity contribution in [3.8, 4) is 0 Å². The fourth-order valence-electron chi connectivity index (χ4n) is 2.25. The zero-order valence-electron chi connectivity index (χ0n) is 13.2. The highest BCUT2D eigenvalue weighted by molar-refractivity contribution is 5.94. The molecule has 0 aliphatic carbocycles. The van der Waals surface area contributed by atoms with Gasteiger partial charge in [0.25, 0.3) is 5.91 Å². The molecule has 0 aliphatic heterocycles. The summed E-state index contributed by atoms with van der Waals surface area (Å²) >= 11 is 0. The number of amides is 1. The van der Waals surface area contributed by atoms with Crippen molar-refractivity contribution in [1.82, 2.24) is 5.32 Å². The number of benzene rings is 2. The van der Waals surface area contributed by atoms with Crippen LogP contribution in [0.15, 0.2) is 48.5 Å². The van der Waals surface area contributed by atoms with Gasteiger partial charge in [0.1, 0.15) is 0 Å². The molecule has 116 valence electrons. The van der Waals surface area contributed by atoms with Gasteiger partial charge in [0.05, 0.1) is 6.61 Å². The molecule has 0 spiro atoms. The Morgan fingerprint density at radius 2 is 1.59 bits per heavy atom. The lowest BCUT2D eigenvalue weighted by molar-refractivity contribution is 0.0954. The first-order valence-electron chi connectivity index (χ1n) is 7.67.